The van der Waals surface area contributed by atoms with Crippen molar-refractivity contribution in [2.24, 2.45) is 0 Å². The summed E-state index contributed by atoms with van der Waals surface area (Å²) in [6, 6.07) is 11.2. The molecule has 2 aliphatic heterocycles. The van der Waals surface area contributed by atoms with Crippen LogP contribution in [-0.4, -0.2) is 40.9 Å². The first kappa shape index (κ1) is 16.5. The molecule has 7 heteroatoms. The van der Waals surface area contributed by atoms with E-state index in [0.29, 0.717) is 24.5 Å². The number of carbonyl (C=O) groups is 2. The first-order chi connectivity index (χ1) is 12.7. The van der Waals surface area contributed by atoms with Crippen molar-refractivity contribution in [1.82, 2.24) is 15.3 Å². The van der Waals surface area contributed by atoms with E-state index in [2.05, 4.69) is 20.5 Å². The third-order valence-electron chi connectivity index (χ3n) is 4.74. The summed E-state index contributed by atoms with van der Waals surface area (Å²) in [6.07, 6.45) is 3.11. The second-order valence-electron chi connectivity index (χ2n) is 6.64. The SMILES string of the molecule is O=C1CCC(Nc2cc(N3CCCC3)nc(-c3ccccc3)n2)C(=O)N1. The Labute approximate surface area is 151 Å². The second kappa shape index (κ2) is 7.11. The summed E-state index contributed by atoms with van der Waals surface area (Å²) in [6.45, 7) is 1.95. The van der Waals surface area contributed by atoms with Crippen molar-refractivity contribution in [2.75, 3.05) is 23.3 Å². The molecule has 2 saturated heterocycles. The molecule has 7 nitrogen and oxygen atoms in total. The monoisotopic (exact) mass is 351 g/mol. The summed E-state index contributed by atoms with van der Waals surface area (Å²) in [5, 5.41) is 5.55. The lowest BCUT2D eigenvalue weighted by Gasteiger charge is -2.24. The number of imide groups is 1. The van der Waals surface area contributed by atoms with Gasteiger partial charge in [0.1, 0.15) is 17.7 Å². The molecule has 26 heavy (non-hydrogen) atoms. The van der Waals surface area contributed by atoms with E-state index in [9.17, 15) is 9.59 Å². The molecule has 1 aromatic heterocycles. The average molecular weight is 351 g/mol. The summed E-state index contributed by atoms with van der Waals surface area (Å²) in [7, 11) is 0. The maximum atomic E-state index is 12.1. The smallest absolute Gasteiger partial charge is 0.249 e. The van der Waals surface area contributed by atoms with E-state index in [1.165, 1.54) is 0 Å². The largest absolute Gasteiger partial charge is 0.358 e. The quantitative estimate of drug-likeness (QED) is 0.819. The van der Waals surface area contributed by atoms with Crippen molar-refractivity contribution in [1.29, 1.82) is 0 Å². The molecule has 2 N–H and O–H groups in total. The molecule has 134 valence electrons. The van der Waals surface area contributed by atoms with Crippen LogP contribution in [0.4, 0.5) is 11.6 Å². The zero-order valence-electron chi connectivity index (χ0n) is 14.4. The van der Waals surface area contributed by atoms with Crippen molar-refractivity contribution >= 4 is 23.5 Å². The Bertz CT molecular complexity index is 818. The van der Waals surface area contributed by atoms with Gasteiger partial charge in [0.05, 0.1) is 0 Å². The molecule has 1 aromatic carbocycles. The molecular weight excluding hydrogens is 330 g/mol. The molecule has 2 fully saturated rings. The Morgan fingerprint density at radius 2 is 1.85 bits per heavy atom. The van der Waals surface area contributed by atoms with Gasteiger partial charge in [0.15, 0.2) is 5.82 Å². The van der Waals surface area contributed by atoms with E-state index < -0.39 is 6.04 Å². The molecule has 2 amide bonds. The highest BCUT2D eigenvalue weighted by atomic mass is 16.2. The summed E-state index contributed by atoms with van der Waals surface area (Å²) in [4.78, 5) is 35.0. The van der Waals surface area contributed by atoms with Crippen LogP contribution in [-0.2, 0) is 9.59 Å². The van der Waals surface area contributed by atoms with Crippen molar-refractivity contribution in [3.63, 3.8) is 0 Å². The highest BCUT2D eigenvalue weighted by Crippen LogP contribution is 2.25. The third-order valence-corrected chi connectivity index (χ3v) is 4.74. The van der Waals surface area contributed by atoms with Crippen molar-refractivity contribution in [2.45, 2.75) is 31.7 Å². The number of nitrogens with one attached hydrogen (secondary N) is 2. The zero-order valence-corrected chi connectivity index (χ0v) is 14.4. The standard InChI is InChI=1S/C19H21N5O2/c25-17-9-8-14(19(26)23-17)20-15-12-16(24-10-4-5-11-24)22-18(21-15)13-6-2-1-3-7-13/h1-3,6-7,12,14H,4-5,8-11H2,(H,20,21,22)(H,23,25,26). The van der Waals surface area contributed by atoms with Crippen molar-refractivity contribution < 1.29 is 9.59 Å². The molecule has 0 radical (unpaired) electrons. The van der Waals surface area contributed by atoms with Crippen LogP contribution in [0, 0.1) is 0 Å². The predicted molar refractivity (Wildman–Crippen MR) is 98.7 cm³/mol. The normalized spacial score (nSPS) is 20.2. The van der Waals surface area contributed by atoms with Gasteiger partial charge in [-0.1, -0.05) is 30.3 Å². The van der Waals surface area contributed by atoms with Gasteiger partial charge < -0.3 is 10.2 Å². The predicted octanol–water partition coefficient (Wildman–Crippen LogP) is 1.96. The number of piperidine rings is 1. The fourth-order valence-electron chi connectivity index (χ4n) is 3.34. The highest BCUT2D eigenvalue weighted by molar-refractivity contribution is 6.01. The number of carbonyl (C=O) groups excluding carboxylic acids is 2. The minimum atomic E-state index is -0.461. The van der Waals surface area contributed by atoms with E-state index >= 15 is 0 Å². The maximum absolute atomic E-state index is 12.1. The number of anilines is 2. The molecule has 1 atom stereocenters. The summed E-state index contributed by atoms with van der Waals surface area (Å²) in [5.41, 5.74) is 0.930. The lowest BCUT2D eigenvalue weighted by Crippen LogP contribution is -2.47. The third kappa shape index (κ3) is 3.51. The highest BCUT2D eigenvalue weighted by Gasteiger charge is 2.27. The van der Waals surface area contributed by atoms with Gasteiger partial charge in [-0.05, 0) is 19.3 Å². The molecule has 2 aromatic rings. The lowest BCUT2D eigenvalue weighted by atomic mass is 10.1. The van der Waals surface area contributed by atoms with Crippen molar-refractivity contribution in [3.8, 4) is 11.4 Å². The summed E-state index contributed by atoms with van der Waals surface area (Å²) >= 11 is 0. The second-order valence-corrected chi connectivity index (χ2v) is 6.64. The molecule has 0 saturated carbocycles. The summed E-state index contributed by atoms with van der Waals surface area (Å²) < 4.78 is 0. The van der Waals surface area contributed by atoms with Crippen molar-refractivity contribution in [3.05, 3.63) is 36.4 Å². The van der Waals surface area contributed by atoms with Gasteiger partial charge in [-0.3, -0.25) is 14.9 Å². The minimum absolute atomic E-state index is 0.224. The Hall–Kier alpha value is -2.96. The Balaban J connectivity index is 1.65. The number of hydrogen-bond donors (Lipinski definition) is 2. The fourth-order valence-corrected chi connectivity index (χ4v) is 3.34. The van der Waals surface area contributed by atoms with Crippen LogP contribution in [0.3, 0.4) is 0 Å². The molecule has 1 unspecified atom stereocenters. The van der Waals surface area contributed by atoms with Gasteiger partial charge in [-0.25, -0.2) is 9.97 Å². The van der Waals surface area contributed by atoms with E-state index in [1.807, 2.05) is 36.4 Å². The van der Waals surface area contributed by atoms with Gasteiger partial charge in [0.25, 0.3) is 0 Å². The molecule has 0 bridgehead atoms. The molecule has 2 aliphatic rings. The number of rotatable bonds is 4. The molecule has 3 heterocycles. The topological polar surface area (TPSA) is 87.2 Å². The fraction of sp³-hybridized carbons (Fsp3) is 0.368. The van der Waals surface area contributed by atoms with Crippen LogP contribution < -0.4 is 15.5 Å². The van der Waals surface area contributed by atoms with E-state index in [4.69, 9.17) is 4.98 Å². The van der Waals surface area contributed by atoms with E-state index in [-0.39, 0.29) is 11.8 Å². The van der Waals surface area contributed by atoms with E-state index in [1.54, 1.807) is 0 Å². The Morgan fingerprint density at radius 1 is 1.08 bits per heavy atom. The average Bonchev–Trinajstić information content (AvgIpc) is 3.19. The van der Waals surface area contributed by atoms with Crippen LogP contribution in [0.25, 0.3) is 11.4 Å². The van der Waals surface area contributed by atoms with Gasteiger partial charge in [0.2, 0.25) is 11.8 Å². The van der Waals surface area contributed by atoms with Crippen LogP contribution >= 0.6 is 0 Å². The van der Waals surface area contributed by atoms with Crippen LogP contribution in [0.5, 0.6) is 0 Å². The number of aromatic nitrogens is 2. The van der Waals surface area contributed by atoms with Crippen LogP contribution in [0.1, 0.15) is 25.7 Å². The lowest BCUT2D eigenvalue weighted by molar-refractivity contribution is -0.133. The number of nitrogens with zero attached hydrogens (tertiary/aromatic N) is 3. The van der Waals surface area contributed by atoms with E-state index in [0.717, 1.165) is 37.3 Å². The van der Waals surface area contributed by atoms with Gasteiger partial charge in [0, 0.05) is 31.1 Å². The molecule has 0 spiro atoms. The van der Waals surface area contributed by atoms with Crippen LogP contribution in [0.2, 0.25) is 0 Å². The molecule has 0 aliphatic carbocycles. The molecular formula is C19H21N5O2. The van der Waals surface area contributed by atoms with Gasteiger partial charge >= 0.3 is 0 Å². The maximum Gasteiger partial charge on any atom is 0.249 e. The Kier molecular flexibility index (Phi) is 4.51. The van der Waals surface area contributed by atoms with Crippen LogP contribution in [0.15, 0.2) is 36.4 Å². The number of benzene rings is 1. The first-order valence-corrected chi connectivity index (χ1v) is 8.99. The first-order valence-electron chi connectivity index (χ1n) is 8.99. The molecule has 4 rings (SSSR count). The zero-order chi connectivity index (χ0) is 17.9. The minimum Gasteiger partial charge on any atom is -0.358 e. The number of amides is 2. The summed E-state index contributed by atoms with van der Waals surface area (Å²) in [5.74, 6) is 1.58. The number of hydrogen-bond acceptors (Lipinski definition) is 6. The van der Waals surface area contributed by atoms with Gasteiger partial charge in [-0.15, -0.1) is 0 Å². The Morgan fingerprint density at radius 3 is 2.58 bits per heavy atom. The van der Waals surface area contributed by atoms with Gasteiger partial charge in [-0.2, -0.15) is 0 Å².